The molecule has 0 bridgehead atoms. The summed E-state index contributed by atoms with van der Waals surface area (Å²) < 4.78 is 0. The van der Waals surface area contributed by atoms with E-state index in [1.807, 2.05) is 0 Å². The first-order valence-electron chi connectivity index (χ1n) is 6.49. The molecule has 1 aliphatic rings. The summed E-state index contributed by atoms with van der Waals surface area (Å²) in [7, 11) is 0. The fourth-order valence-corrected chi connectivity index (χ4v) is 2.47. The Morgan fingerprint density at radius 1 is 1.32 bits per heavy atom. The quantitative estimate of drug-likeness (QED) is 0.872. The highest BCUT2D eigenvalue weighted by atomic mass is 16.4. The molecule has 3 atom stereocenters. The molecule has 0 aromatic carbocycles. The lowest BCUT2D eigenvalue weighted by molar-refractivity contribution is 0.0695. The monoisotopic (exact) mass is 262 g/mol. The molecule has 3 unspecified atom stereocenters. The summed E-state index contributed by atoms with van der Waals surface area (Å²) >= 11 is 0. The number of amides is 1. The molecule has 1 aromatic heterocycles. The molecule has 1 fully saturated rings. The van der Waals surface area contributed by atoms with Crippen molar-refractivity contribution in [3.63, 3.8) is 0 Å². The summed E-state index contributed by atoms with van der Waals surface area (Å²) in [6, 6.07) is 3.02. The number of rotatable bonds is 3. The topological polar surface area (TPSA) is 79.3 Å². The molecular weight excluding hydrogens is 244 g/mol. The summed E-state index contributed by atoms with van der Waals surface area (Å²) in [6.45, 7) is 4.33. The normalized spacial score (nSPS) is 26.1. The maximum Gasteiger partial charge on any atom is 0.337 e. The summed E-state index contributed by atoms with van der Waals surface area (Å²) in [4.78, 5) is 26.6. The molecule has 1 saturated carbocycles. The number of pyridine rings is 1. The van der Waals surface area contributed by atoms with E-state index in [-0.39, 0.29) is 23.2 Å². The van der Waals surface area contributed by atoms with E-state index in [1.165, 1.54) is 18.3 Å². The molecule has 0 spiro atoms. The molecule has 2 N–H and O–H groups in total. The van der Waals surface area contributed by atoms with Gasteiger partial charge >= 0.3 is 5.97 Å². The zero-order chi connectivity index (χ0) is 14.0. The molecule has 5 nitrogen and oxygen atoms in total. The Morgan fingerprint density at radius 3 is 2.53 bits per heavy atom. The second-order valence-corrected chi connectivity index (χ2v) is 5.23. The van der Waals surface area contributed by atoms with Gasteiger partial charge in [0.1, 0.15) is 5.69 Å². The van der Waals surface area contributed by atoms with Crippen molar-refractivity contribution >= 4 is 11.9 Å². The molecule has 0 aliphatic heterocycles. The number of carbonyl (C=O) groups is 2. The lowest BCUT2D eigenvalue weighted by atomic mass is 9.98. The lowest BCUT2D eigenvalue weighted by Gasteiger charge is -2.19. The summed E-state index contributed by atoms with van der Waals surface area (Å²) in [5.74, 6) is -0.199. The van der Waals surface area contributed by atoms with Crippen LogP contribution in [0.4, 0.5) is 0 Å². The number of aromatic carboxylic acids is 1. The standard InChI is InChI=1S/C14H18N2O3/c1-8-3-5-11(9(8)2)16-13(17)12-6-4-10(7-15-12)14(18)19/h4,6-9,11H,3,5H2,1-2H3,(H,16,17)(H,18,19). The predicted octanol–water partition coefficient (Wildman–Crippen LogP) is 1.94. The third-order valence-electron chi connectivity index (χ3n) is 4.02. The number of nitrogens with one attached hydrogen (secondary N) is 1. The van der Waals surface area contributed by atoms with Crippen molar-refractivity contribution in [1.29, 1.82) is 0 Å². The van der Waals surface area contributed by atoms with Crippen molar-refractivity contribution in [3.05, 3.63) is 29.6 Å². The first kappa shape index (κ1) is 13.5. The van der Waals surface area contributed by atoms with E-state index in [1.54, 1.807) is 0 Å². The van der Waals surface area contributed by atoms with Gasteiger partial charge in [0.25, 0.3) is 5.91 Å². The van der Waals surface area contributed by atoms with Gasteiger partial charge in [-0.1, -0.05) is 13.8 Å². The average Bonchev–Trinajstić information content (AvgIpc) is 2.71. The summed E-state index contributed by atoms with van der Waals surface area (Å²) in [6.07, 6.45) is 3.32. The zero-order valence-electron chi connectivity index (χ0n) is 11.1. The van der Waals surface area contributed by atoms with Crippen LogP contribution in [-0.2, 0) is 0 Å². The fraction of sp³-hybridized carbons (Fsp3) is 0.500. The predicted molar refractivity (Wildman–Crippen MR) is 70.0 cm³/mol. The minimum Gasteiger partial charge on any atom is -0.478 e. The Balaban J connectivity index is 2.02. The van der Waals surface area contributed by atoms with E-state index >= 15 is 0 Å². The van der Waals surface area contributed by atoms with E-state index < -0.39 is 5.97 Å². The second kappa shape index (κ2) is 5.38. The SMILES string of the molecule is CC1CCC(NC(=O)c2ccc(C(=O)O)cn2)C1C. The van der Waals surface area contributed by atoms with Gasteiger partial charge in [-0.3, -0.25) is 9.78 Å². The van der Waals surface area contributed by atoms with Gasteiger partial charge in [-0.15, -0.1) is 0 Å². The molecular formula is C14H18N2O3. The molecule has 102 valence electrons. The van der Waals surface area contributed by atoms with Gasteiger partial charge < -0.3 is 10.4 Å². The van der Waals surface area contributed by atoms with E-state index in [2.05, 4.69) is 24.1 Å². The molecule has 19 heavy (non-hydrogen) atoms. The Hall–Kier alpha value is -1.91. The Kier molecular flexibility index (Phi) is 3.83. The van der Waals surface area contributed by atoms with Crippen LogP contribution in [0.2, 0.25) is 0 Å². The molecule has 0 radical (unpaired) electrons. The van der Waals surface area contributed by atoms with Crippen LogP contribution < -0.4 is 5.32 Å². The minimum absolute atomic E-state index is 0.0828. The third kappa shape index (κ3) is 2.92. The molecule has 1 amide bonds. The molecule has 5 heteroatoms. The van der Waals surface area contributed by atoms with Crippen molar-refractivity contribution in [2.24, 2.45) is 11.8 Å². The number of carboxylic acid groups (broad SMARTS) is 1. The zero-order valence-corrected chi connectivity index (χ0v) is 11.1. The van der Waals surface area contributed by atoms with Crippen LogP contribution in [0.5, 0.6) is 0 Å². The van der Waals surface area contributed by atoms with Crippen molar-refractivity contribution in [2.75, 3.05) is 0 Å². The van der Waals surface area contributed by atoms with Crippen LogP contribution in [-0.4, -0.2) is 28.0 Å². The average molecular weight is 262 g/mol. The summed E-state index contributed by atoms with van der Waals surface area (Å²) in [5, 5.41) is 11.7. The lowest BCUT2D eigenvalue weighted by Crippen LogP contribution is -2.37. The third-order valence-corrected chi connectivity index (χ3v) is 4.02. The first-order valence-corrected chi connectivity index (χ1v) is 6.49. The van der Waals surface area contributed by atoms with Gasteiger partial charge in [-0.25, -0.2) is 4.79 Å². The molecule has 0 saturated heterocycles. The second-order valence-electron chi connectivity index (χ2n) is 5.23. The van der Waals surface area contributed by atoms with E-state index in [0.717, 1.165) is 12.8 Å². The van der Waals surface area contributed by atoms with Crippen LogP contribution in [0.3, 0.4) is 0 Å². The van der Waals surface area contributed by atoms with Crippen LogP contribution in [0.1, 0.15) is 47.5 Å². The number of hydrogen-bond acceptors (Lipinski definition) is 3. The van der Waals surface area contributed by atoms with E-state index in [4.69, 9.17) is 5.11 Å². The van der Waals surface area contributed by atoms with E-state index in [0.29, 0.717) is 11.8 Å². The van der Waals surface area contributed by atoms with Gasteiger partial charge in [-0.05, 0) is 36.8 Å². The highest BCUT2D eigenvalue weighted by Gasteiger charge is 2.31. The van der Waals surface area contributed by atoms with Crippen molar-refractivity contribution in [3.8, 4) is 0 Å². The fourth-order valence-electron chi connectivity index (χ4n) is 2.47. The van der Waals surface area contributed by atoms with Gasteiger partial charge in [0.15, 0.2) is 0 Å². The Bertz CT molecular complexity index is 484. The van der Waals surface area contributed by atoms with Crippen LogP contribution in [0.15, 0.2) is 18.3 Å². The number of aromatic nitrogens is 1. The molecule has 1 heterocycles. The maximum atomic E-state index is 12.0. The Labute approximate surface area is 112 Å². The minimum atomic E-state index is -1.04. The van der Waals surface area contributed by atoms with Gasteiger partial charge in [-0.2, -0.15) is 0 Å². The summed E-state index contributed by atoms with van der Waals surface area (Å²) in [5.41, 5.74) is 0.344. The first-order chi connectivity index (χ1) is 8.99. The Morgan fingerprint density at radius 2 is 2.05 bits per heavy atom. The van der Waals surface area contributed by atoms with Crippen molar-refractivity contribution in [2.45, 2.75) is 32.7 Å². The van der Waals surface area contributed by atoms with Crippen LogP contribution >= 0.6 is 0 Å². The number of carboxylic acids is 1. The molecule has 1 aromatic rings. The largest absolute Gasteiger partial charge is 0.478 e. The van der Waals surface area contributed by atoms with Gasteiger partial charge in [0, 0.05) is 12.2 Å². The highest BCUT2D eigenvalue weighted by Crippen LogP contribution is 2.31. The van der Waals surface area contributed by atoms with Crippen molar-refractivity contribution < 1.29 is 14.7 Å². The highest BCUT2D eigenvalue weighted by molar-refractivity contribution is 5.93. The van der Waals surface area contributed by atoms with E-state index in [9.17, 15) is 9.59 Å². The number of nitrogens with zero attached hydrogens (tertiary/aromatic N) is 1. The maximum absolute atomic E-state index is 12.0. The van der Waals surface area contributed by atoms with Crippen molar-refractivity contribution in [1.82, 2.24) is 10.3 Å². The van der Waals surface area contributed by atoms with Crippen LogP contribution in [0, 0.1) is 11.8 Å². The molecule has 1 aliphatic carbocycles. The number of carbonyl (C=O) groups excluding carboxylic acids is 1. The molecule has 2 rings (SSSR count). The van der Waals surface area contributed by atoms with Crippen LogP contribution in [0.25, 0.3) is 0 Å². The van der Waals surface area contributed by atoms with Gasteiger partial charge in [0.2, 0.25) is 0 Å². The van der Waals surface area contributed by atoms with Gasteiger partial charge in [0.05, 0.1) is 5.56 Å². The number of hydrogen-bond donors (Lipinski definition) is 2. The smallest absolute Gasteiger partial charge is 0.337 e.